The van der Waals surface area contributed by atoms with Crippen LogP contribution in [-0.2, 0) is 4.74 Å². The van der Waals surface area contributed by atoms with Gasteiger partial charge in [-0.15, -0.1) is 0 Å². The zero-order chi connectivity index (χ0) is 7.44. The van der Waals surface area contributed by atoms with E-state index >= 15 is 0 Å². The van der Waals surface area contributed by atoms with Crippen molar-refractivity contribution in [3.8, 4) is 0 Å². The summed E-state index contributed by atoms with van der Waals surface area (Å²) in [5.74, 6) is -0.375. The molecule has 0 atom stereocenters. The molecule has 0 bridgehead atoms. The van der Waals surface area contributed by atoms with E-state index in [9.17, 15) is 8.78 Å². The average molecular weight is 138 g/mol. The fraction of sp³-hybridized carbons (Fsp3) is 0.600. The van der Waals surface area contributed by atoms with Crippen LogP contribution in [0.25, 0.3) is 0 Å². The fourth-order valence-corrected chi connectivity index (χ4v) is 0.219. The van der Waals surface area contributed by atoms with Crippen LogP contribution in [0, 0.1) is 0 Å². The molecule has 0 fully saturated rings. The molecule has 0 unspecified atom stereocenters. The third-order valence-corrected chi connectivity index (χ3v) is 0.775. The third-order valence-electron chi connectivity index (χ3n) is 0.775. The predicted molar refractivity (Wildman–Crippen MR) is 28.1 cm³/mol. The number of hydrogen-bond donors (Lipinski definition) is 1. The lowest BCUT2D eigenvalue weighted by molar-refractivity contribution is -0.0985. The maximum absolute atomic E-state index is 11.3. The number of halogens is 2. The highest BCUT2D eigenvalue weighted by Gasteiger charge is 2.03. The Kier molecular flexibility index (Phi) is 2.98. The standard InChI is InChI=1S/C5H8F2O2/c1-3(8)4(2)9-5(6)7/h5,8H,1-2H3/b4-3-. The lowest BCUT2D eigenvalue weighted by Crippen LogP contribution is -1.98. The molecule has 0 heterocycles. The lowest BCUT2D eigenvalue weighted by atomic mass is 10.5. The second kappa shape index (κ2) is 3.27. The van der Waals surface area contributed by atoms with Crippen molar-refractivity contribution in [2.75, 3.05) is 0 Å². The molecular weight excluding hydrogens is 130 g/mol. The van der Waals surface area contributed by atoms with Gasteiger partial charge in [-0.05, 0) is 13.8 Å². The van der Waals surface area contributed by atoms with Crippen molar-refractivity contribution >= 4 is 0 Å². The molecule has 0 rings (SSSR count). The van der Waals surface area contributed by atoms with Gasteiger partial charge in [0.15, 0.2) is 0 Å². The average Bonchev–Trinajstić information content (AvgIpc) is 1.63. The molecule has 54 valence electrons. The maximum atomic E-state index is 11.3. The van der Waals surface area contributed by atoms with Crippen LogP contribution < -0.4 is 0 Å². The Morgan fingerprint density at radius 1 is 1.44 bits per heavy atom. The molecule has 0 aromatic carbocycles. The molecule has 9 heavy (non-hydrogen) atoms. The summed E-state index contributed by atoms with van der Waals surface area (Å²) in [7, 11) is 0. The summed E-state index contributed by atoms with van der Waals surface area (Å²) >= 11 is 0. The maximum Gasteiger partial charge on any atom is 0.387 e. The Morgan fingerprint density at radius 3 is 2.00 bits per heavy atom. The van der Waals surface area contributed by atoms with E-state index in [1.54, 1.807) is 0 Å². The van der Waals surface area contributed by atoms with Crippen molar-refractivity contribution in [3.63, 3.8) is 0 Å². The van der Waals surface area contributed by atoms with Gasteiger partial charge < -0.3 is 9.84 Å². The first-order chi connectivity index (χ1) is 4.04. The van der Waals surface area contributed by atoms with Crippen LogP contribution in [0.15, 0.2) is 11.5 Å². The summed E-state index contributed by atoms with van der Waals surface area (Å²) in [6.07, 6.45) is 0. The van der Waals surface area contributed by atoms with Gasteiger partial charge in [0.25, 0.3) is 0 Å². The van der Waals surface area contributed by atoms with Gasteiger partial charge in [0, 0.05) is 0 Å². The molecule has 0 radical (unpaired) electrons. The van der Waals surface area contributed by atoms with Gasteiger partial charge in [0.2, 0.25) is 0 Å². The van der Waals surface area contributed by atoms with Crippen molar-refractivity contribution in [3.05, 3.63) is 11.5 Å². The quantitative estimate of drug-likeness (QED) is 0.591. The summed E-state index contributed by atoms with van der Waals surface area (Å²) in [4.78, 5) is 0. The molecule has 2 nitrogen and oxygen atoms in total. The van der Waals surface area contributed by atoms with Gasteiger partial charge in [0.05, 0.1) is 0 Å². The zero-order valence-corrected chi connectivity index (χ0v) is 5.19. The number of ether oxygens (including phenoxy) is 1. The molecule has 0 amide bonds. The molecule has 1 N–H and O–H groups in total. The third kappa shape index (κ3) is 3.76. The van der Waals surface area contributed by atoms with Crippen LogP contribution in [0.1, 0.15) is 13.8 Å². The summed E-state index contributed by atoms with van der Waals surface area (Å²) in [5.41, 5.74) is 0. The predicted octanol–water partition coefficient (Wildman–Crippen LogP) is 2.04. The molecule has 4 heteroatoms. The van der Waals surface area contributed by atoms with Crippen LogP contribution in [0.4, 0.5) is 8.78 Å². The van der Waals surface area contributed by atoms with Gasteiger partial charge in [-0.3, -0.25) is 0 Å². The Hall–Kier alpha value is -0.800. The zero-order valence-electron chi connectivity index (χ0n) is 5.19. The Morgan fingerprint density at radius 2 is 1.89 bits per heavy atom. The molecule has 0 saturated carbocycles. The van der Waals surface area contributed by atoms with Gasteiger partial charge in [0.1, 0.15) is 11.5 Å². The Labute approximate surface area is 51.7 Å². The first-order valence-corrected chi connectivity index (χ1v) is 2.35. The van der Waals surface area contributed by atoms with Crippen molar-refractivity contribution in [1.82, 2.24) is 0 Å². The van der Waals surface area contributed by atoms with Gasteiger partial charge >= 0.3 is 6.61 Å². The summed E-state index contributed by atoms with van der Waals surface area (Å²) < 4.78 is 26.4. The molecular formula is C5H8F2O2. The fourth-order valence-electron chi connectivity index (χ4n) is 0.219. The monoisotopic (exact) mass is 138 g/mol. The minimum atomic E-state index is -2.85. The molecule has 0 aromatic heterocycles. The molecule has 0 spiro atoms. The minimum Gasteiger partial charge on any atom is -0.509 e. The molecule has 0 aliphatic carbocycles. The van der Waals surface area contributed by atoms with Crippen LogP contribution >= 0.6 is 0 Å². The van der Waals surface area contributed by atoms with Gasteiger partial charge in [-0.25, -0.2) is 0 Å². The molecule has 0 aromatic rings. The number of aliphatic hydroxyl groups excluding tert-OH is 1. The Balaban J connectivity index is 3.77. The van der Waals surface area contributed by atoms with E-state index in [4.69, 9.17) is 5.11 Å². The highest BCUT2D eigenvalue weighted by atomic mass is 19.3. The van der Waals surface area contributed by atoms with E-state index in [0.717, 1.165) is 0 Å². The normalized spacial score (nSPS) is 13.4. The Bertz CT molecular complexity index is 116. The number of alkyl halides is 2. The van der Waals surface area contributed by atoms with E-state index in [2.05, 4.69) is 4.74 Å². The van der Waals surface area contributed by atoms with Crippen LogP contribution in [0.5, 0.6) is 0 Å². The van der Waals surface area contributed by atoms with Crippen LogP contribution in [0.2, 0.25) is 0 Å². The van der Waals surface area contributed by atoms with E-state index in [1.165, 1.54) is 13.8 Å². The van der Waals surface area contributed by atoms with E-state index in [0.29, 0.717) is 0 Å². The number of aliphatic hydroxyl groups is 1. The van der Waals surface area contributed by atoms with E-state index in [1.807, 2.05) is 0 Å². The van der Waals surface area contributed by atoms with Crippen molar-refractivity contribution in [1.29, 1.82) is 0 Å². The largest absolute Gasteiger partial charge is 0.509 e. The van der Waals surface area contributed by atoms with Gasteiger partial charge in [-0.2, -0.15) is 8.78 Å². The topological polar surface area (TPSA) is 29.5 Å². The first-order valence-electron chi connectivity index (χ1n) is 2.35. The van der Waals surface area contributed by atoms with E-state index < -0.39 is 6.61 Å². The second-order valence-corrected chi connectivity index (χ2v) is 1.52. The second-order valence-electron chi connectivity index (χ2n) is 1.52. The number of rotatable bonds is 2. The van der Waals surface area contributed by atoms with Gasteiger partial charge in [-0.1, -0.05) is 0 Å². The van der Waals surface area contributed by atoms with E-state index in [-0.39, 0.29) is 11.5 Å². The molecule has 0 aliphatic heterocycles. The van der Waals surface area contributed by atoms with Crippen molar-refractivity contribution < 1.29 is 18.6 Å². The smallest absolute Gasteiger partial charge is 0.387 e. The summed E-state index contributed by atoms with van der Waals surface area (Å²) in [6.45, 7) is -0.314. The SMILES string of the molecule is C/C(O)=C(\C)OC(F)F. The highest BCUT2D eigenvalue weighted by molar-refractivity contribution is 4.92. The molecule has 0 aliphatic rings. The van der Waals surface area contributed by atoms with Crippen LogP contribution in [0.3, 0.4) is 0 Å². The molecule has 0 saturated heterocycles. The lowest BCUT2D eigenvalue weighted by Gasteiger charge is -2.03. The van der Waals surface area contributed by atoms with Crippen molar-refractivity contribution in [2.45, 2.75) is 20.5 Å². The van der Waals surface area contributed by atoms with Crippen LogP contribution in [-0.4, -0.2) is 11.7 Å². The number of allylic oxidation sites excluding steroid dienone is 2. The number of hydrogen-bond acceptors (Lipinski definition) is 2. The minimum absolute atomic E-state index is 0.148. The van der Waals surface area contributed by atoms with Crippen molar-refractivity contribution in [2.24, 2.45) is 0 Å². The highest BCUT2D eigenvalue weighted by Crippen LogP contribution is 2.06. The first kappa shape index (κ1) is 8.20. The summed E-state index contributed by atoms with van der Waals surface area (Å²) in [6, 6.07) is 0. The summed E-state index contributed by atoms with van der Waals surface area (Å²) in [5, 5.41) is 8.49.